The Morgan fingerprint density at radius 3 is 2.80 bits per heavy atom. The van der Waals surface area contributed by atoms with E-state index in [1.807, 2.05) is 24.3 Å². The van der Waals surface area contributed by atoms with Gasteiger partial charge in [-0.1, -0.05) is 18.2 Å². The van der Waals surface area contributed by atoms with Gasteiger partial charge in [0.1, 0.15) is 0 Å². The summed E-state index contributed by atoms with van der Waals surface area (Å²) in [6.07, 6.45) is 0. The van der Waals surface area contributed by atoms with Crippen molar-refractivity contribution in [2.24, 2.45) is 0 Å². The third kappa shape index (κ3) is 0.658. The third-order valence-corrected chi connectivity index (χ3v) is 1.52. The fraction of sp³-hybridized carbons (Fsp3) is 0. The number of para-hydroxylation sites is 1. The van der Waals surface area contributed by atoms with Crippen LogP contribution in [0.3, 0.4) is 0 Å². The fourth-order valence-corrected chi connectivity index (χ4v) is 1.06. The van der Waals surface area contributed by atoms with Crippen molar-refractivity contribution in [3.05, 3.63) is 30.3 Å². The summed E-state index contributed by atoms with van der Waals surface area (Å²) in [6.45, 7) is 0. The van der Waals surface area contributed by atoms with Crippen molar-refractivity contribution < 1.29 is 0 Å². The van der Waals surface area contributed by atoms with Gasteiger partial charge >= 0.3 is 0 Å². The van der Waals surface area contributed by atoms with Crippen molar-refractivity contribution in [1.29, 1.82) is 0 Å². The first kappa shape index (κ1) is 5.35. The monoisotopic (exact) mass is 130 g/mol. The first-order valence-corrected chi connectivity index (χ1v) is 3.13. The van der Waals surface area contributed by atoms with Crippen molar-refractivity contribution in [2.75, 3.05) is 0 Å². The third-order valence-electron chi connectivity index (χ3n) is 1.52. The Morgan fingerprint density at radius 2 is 2.00 bits per heavy atom. The van der Waals surface area contributed by atoms with Crippen LogP contribution in [0.15, 0.2) is 30.3 Å². The van der Waals surface area contributed by atoms with Crippen LogP contribution in [0, 0.1) is 0 Å². The average Bonchev–Trinajstić information content (AvgIpc) is 2.27. The summed E-state index contributed by atoms with van der Waals surface area (Å²) < 4.78 is 0. The number of aromatic amines is 1. The first-order chi connectivity index (χ1) is 4.86. The minimum Gasteiger partial charge on any atom is -0.338 e. The molecular formula is C8H6N2. The zero-order chi connectivity index (χ0) is 6.97. The molecule has 0 aliphatic rings. The number of H-pyrrole nitrogens is 1. The lowest BCUT2D eigenvalue weighted by atomic mass is 10.3. The molecule has 0 atom stereocenters. The predicted octanol–water partition coefficient (Wildman–Crippen LogP) is 1.87. The van der Waals surface area contributed by atoms with Crippen LogP contribution < -0.4 is 5.73 Å². The number of hydrogen-bond acceptors (Lipinski definition) is 0. The van der Waals surface area contributed by atoms with Crippen LogP contribution in [0.4, 0.5) is 5.82 Å². The van der Waals surface area contributed by atoms with E-state index in [4.69, 9.17) is 5.73 Å². The molecule has 1 aromatic heterocycles. The molecule has 0 unspecified atom stereocenters. The molecule has 2 nitrogen and oxygen atoms in total. The van der Waals surface area contributed by atoms with Gasteiger partial charge in [0.05, 0.1) is 0 Å². The maximum Gasteiger partial charge on any atom is 0.153 e. The van der Waals surface area contributed by atoms with E-state index in [-0.39, 0.29) is 5.82 Å². The molecule has 0 spiro atoms. The van der Waals surface area contributed by atoms with Crippen molar-refractivity contribution in [2.45, 2.75) is 0 Å². The Morgan fingerprint density at radius 1 is 1.20 bits per heavy atom. The van der Waals surface area contributed by atoms with Gasteiger partial charge in [-0.2, -0.15) is 0 Å². The molecule has 2 heteroatoms. The normalized spacial score (nSPS) is 10.4. The molecular weight excluding hydrogens is 124 g/mol. The van der Waals surface area contributed by atoms with Gasteiger partial charge in [-0.05, 0) is 12.1 Å². The standard InChI is InChI=1S/C8H6N2/c9-8-5-6-3-1-2-4-7(6)10-8/h1-5,10H. The average molecular weight is 130 g/mol. The lowest BCUT2D eigenvalue weighted by Gasteiger charge is -1.83. The predicted molar refractivity (Wildman–Crippen MR) is 40.1 cm³/mol. The van der Waals surface area contributed by atoms with E-state index in [1.165, 1.54) is 0 Å². The molecule has 0 saturated heterocycles. The van der Waals surface area contributed by atoms with Crippen LogP contribution in [-0.2, 0) is 0 Å². The second-order valence-electron chi connectivity index (χ2n) is 2.24. The Labute approximate surface area is 58.7 Å². The number of aromatic nitrogens is 1. The Bertz CT molecular complexity index is 316. The highest BCUT2D eigenvalue weighted by molar-refractivity contribution is 5.82. The van der Waals surface area contributed by atoms with Gasteiger partial charge in [0.15, 0.2) is 5.82 Å². The van der Waals surface area contributed by atoms with Gasteiger partial charge in [-0.25, -0.2) is 0 Å². The van der Waals surface area contributed by atoms with Crippen molar-refractivity contribution in [3.8, 4) is 0 Å². The summed E-state index contributed by atoms with van der Waals surface area (Å²) in [5.41, 5.74) is 9.97. The molecule has 0 bridgehead atoms. The highest BCUT2D eigenvalue weighted by Crippen LogP contribution is 2.15. The highest BCUT2D eigenvalue weighted by atomic mass is 14.8. The molecule has 2 rings (SSSR count). The summed E-state index contributed by atoms with van der Waals surface area (Å²) in [6, 6.07) is 9.45. The van der Waals surface area contributed by atoms with Gasteiger partial charge < -0.3 is 4.98 Å². The largest absolute Gasteiger partial charge is 0.338 e. The molecule has 0 fully saturated rings. The van der Waals surface area contributed by atoms with Gasteiger partial charge in [0, 0.05) is 10.9 Å². The molecule has 1 aromatic carbocycles. The molecule has 1 N–H and O–H groups in total. The fourth-order valence-electron chi connectivity index (χ4n) is 1.06. The summed E-state index contributed by atoms with van der Waals surface area (Å²) in [5.74, 6) is 0.223. The molecule has 48 valence electrons. The van der Waals surface area contributed by atoms with E-state index < -0.39 is 0 Å². The van der Waals surface area contributed by atoms with E-state index in [2.05, 4.69) is 4.98 Å². The molecule has 2 aromatic rings. The van der Waals surface area contributed by atoms with Crippen molar-refractivity contribution in [3.63, 3.8) is 0 Å². The second-order valence-corrected chi connectivity index (χ2v) is 2.24. The minimum absolute atomic E-state index is 0.223. The van der Waals surface area contributed by atoms with Gasteiger partial charge in [0.25, 0.3) is 0 Å². The maximum absolute atomic E-state index is 9.00. The SMILES string of the molecule is [N]c1cc2ccccc2[nH]1. The van der Waals surface area contributed by atoms with Gasteiger partial charge in [-0.15, -0.1) is 5.73 Å². The molecule has 1 heterocycles. The number of nitrogens with one attached hydrogen (secondary N) is 1. The van der Waals surface area contributed by atoms with Crippen LogP contribution in [0.1, 0.15) is 0 Å². The Kier molecular flexibility index (Phi) is 0.947. The van der Waals surface area contributed by atoms with Gasteiger partial charge in [0.2, 0.25) is 0 Å². The lowest BCUT2D eigenvalue weighted by molar-refractivity contribution is 1.35. The quantitative estimate of drug-likeness (QED) is 0.565. The molecule has 2 radical (unpaired) electrons. The lowest BCUT2D eigenvalue weighted by Crippen LogP contribution is -1.64. The van der Waals surface area contributed by atoms with Crippen LogP contribution in [0.25, 0.3) is 10.9 Å². The van der Waals surface area contributed by atoms with Crippen LogP contribution in [0.5, 0.6) is 0 Å². The molecule has 0 amide bonds. The van der Waals surface area contributed by atoms with Crippen LogP contribution >= 0.6 is 0 Å². The number of rotatable bonds is 0. The van der Waals surface area contributed by atoms with E-state index >= 15 is 0 Å². The first-order valence-electron chi connectivity index (χ1n) is 3.13. The van der Waals surface area contributed by atoms with Crippen molar-refractivity contribution >= 4 is 16.7 Å². The van der Waals surface area contributed by atoms with E-state index in [9.17, 15) is 0 Å². The Balaban J connectivity index is 2.88. The highest BCUT2D eigenvalue weighted by Gasteiger charge is 1.94. The minimum atomic E-state index is 0.223. The number of hydrogen-bond donors (Lipinski definition) is 1. The zero-order valence-electron chi connectivity index (χ0n) is 5.33. The summed E-state index contributed by atoms with van der Waals surface area (Å²) in [5, 5.41) is 1.04. The van der Waals surface area contributed by atoms with Crippen LogP contribution in [0.2, 0.25) is 0 Å². The number of fused-ring (bicyclic) bond motifs is 1. The van der Waals surface area contributed by atoms with E-state index in [0.29, 0.717) is 0 Å². The summed E-state index contributed by atoms with van der Waals surface area (Å²) in [7, 11) is 0. The molecule has 0 aliphatic carbocycles. The molecule has 10 heavy (non-hydrogen) atoms. The topological polar surface area (TPSA) is 38.1 Å². The summed E-state index contributed by atoms with van der Waals surface area (Å²) in [4.78, 5) is 2.81. The van der Waals surface area contributed by atoms with Gasteiger partial charge in [-0.3, -0.25) is 0 Å². The number of benzene rings is 1. The smallest absolute Gasteiger partial charge is 0.153 e. The van der Waals surface area contributed by atoms with Crippen molar-refractivity contribution in [1.82, 2.24) is 10.7 Å². The summed E-state index contributed by atoms with van der Waals surface area (Å²) >= 11 is 0. The molecule has 0 saturated carbocycles. The zero-order valence-corrected chi connectivity index (χ0v) is 5.33. The Hall–Kier alpha value is -1.44. The molecule has 0 aliphatic heterocycles. The second kappa shape index (κ2) is 1.77. The van der Waals surface area contributed by atoms with E-state index in [1.54, 1.807) is 6.07 Å². The maximum atomic E-state index is 9.00. The number of nitrogens with zero attached hydrogens (tertiary/aromatic N) is 1. The van der Waals surface area contributed by atoms with Crippen LogP contribution in [-0.4, -0.2) is 4.98 Å². The van der Waals surface area contributed by atoms with E-state index in [0.717, 1.165) is 10.9 Å².